The molecular formula is C25H38N4O5. The van der Waals surface area contributed by atoms with Crippen LogP contribution < -0.4 is 15.0 Å². The van der Waals surface area contributed by atoms with Crippen LogP contribution in [0.4, 0.5) is 5.69 Å². The van der Waals surface area contributed by atoms with Crippen molar-refractivity contribution in [3.8, 4) is 5.75 Å². The fraction of sp³-hybridized carbons (Fsp3) is 0.640. The first-order valence-corrected chi connectivity index (χ1v) is 12.0. The van der Waals surface area contributed by atoms with Crippen LogP contribution in [0.2, 0.25) is 0 Å². The molecule has 9 nitrogen and oxygen atoms in total. The van der Waals surface area contributed by atoms with Crippen LogP contribution in [-0.4, -0.2) is 92.7 Å². The molecule has 0 saturated carbocycles. The number of hydrogen-bond donors (Lipinski definition) is 1. The summed E-state index contributed by atoms with van der Waals surface area (Å²) < 4.78 is 11.2. The van der Waals surface area contributed by atoms with E-state index in [0.29, 0.717) is 36.6 Å². The molecular weight excluding hydrogens is 436 g/mol. The Balaban J connectivity index is 1.99. The number of methoxy groups -OCH3 is 1. The number of piperidine rings is 1. The second-order valence-electron chi connectivity index (χ2n) is 9.63. The van der Waals surface area contributed by atoms with Gasteiger partial charge in [-0.15, -0.1) is 0 Å². The molecule has 34 heavy (non-hydrogen) atoms. The zero-order chi connectivity index (χ0) is 25.0. The van der Waals surface area contributed by atoms with Gasteiger partial charge in [0.1, 0.15) is 5.75 Å². The van der Waals surface area contributed by atoms with Crippen molar-refractivity contribution in [3.63, 3.8) is 0 Å². The van der Waals surface area contributed by atoms with Crippen LogP contribution in [0, 0.1) is 0 Å². The quantitative estimate of drug-likeness (QED) is 0.457. The van der Waals surface area contributed by atoms with E-state index in [1.165, 1.54) is 11.8 Å². The average molecular weight is 475 g/mol. The zero-order valence-electron chi connectivity index (χ0n) is 21.2. The molecule has 188 valence electrons. The molecule has 1 saturated heterocycles. The van der Waals surface area contributed by atoms with Crippen LogP contribution in [0.15, 0.2) is 18.2 Å². The summed E-state index contributed by atoms with van der Waals surface area (Å²) in [6.07, 6.45) is 2.56. The Morgan fingerprint density at radius 3 is 2.65 bits per heavy atom. The lowest BCUT2D eigenvalue weighted by Gasteiger charge is -2.41. The van der Waals surface area contributed by atoms with Gasteiger partial charge in [-0.3, -0.25) is 14.4 Å². The van der Waals surface area contributed by atoms with Crippen molar-refractivity contribution in [2.45, 2.75) is 57.7 Å². The standard InChI is InChI=1S/C25H38N4O5/c1-17(2)29(19-9-7-12-26-16-19)22(30)18-10-11-21-20(15-18)28(13-8-14-33-6)24(32)25(3,34-21)23(31)27(4)5/h10-11,15,17,19,26H,7-9,12-14,16H2,1-6H3/t19-,25?/m1/s1. The fourth-order valence-electron chi connectivity index (χ4n) is 4.77. The molecule has 1 aromatic rings. The Hall–Kier alpha value is -2.65. The number of rotatable bonds is 8. The number of carbonyl (C=O) groups is 3. The van der Waals surface area contributed by atoms with E-state index < -0.39 is 17.4 Å². The van der Waals surface area contributed by atoms with Gasteiger partial charge in [-0.2, -0.15) is 0 Å². The van der Waals surface area contributed by atoms with Gasteiger partial charge >= 0.3 is 0 Å². The number of likely N-dealkylation sites (N-methyl/N-ethyl adjacent to an activating group) is 1. The molecule has 9 heteroatoms. The molecule has 1 unspecified atom stereocenters. The third-order valence-electron chi connectivity index (χ3n) is 6.46. The van der Waals surface area contributed by atoms with Gasteiger partial charge in [0, 0.05) is 58.5 Å². The van der Waals surface area contributed by atoms with E-state index in [9.17, 15) is 14.4 Å². The molecule has 1 aromatic carbocycles. The molecule has 3 amide bonds. The van der Waals surface area contributed by atoms with Crippen LogP contribution in [0.5, 0.6) is 5.75 Å². The van der Waals surface area contributed by atoms with Gasteiger partial charge in [0.15, 0.2) is 0 Å². The first-order chi connectivity index (χ1) is 16.1. The molecule has 2 atom stereocenters. The summed E-state index contributed by atoms with van der Waals surface area (Å²) in [6.45, 7) is 8.09. The smallest absolute Gasteiger partial charge is 0.280 e. The summed E-state index contributed by atoms with van der Waals surface area (Å²) >= 11 is 0. The number of carbonyl (C=O) groups excluding carboxylic acids is 3. The van der Waals surface area contributed by atoms with E-state index in [1.807, 2.05) is 18.7 Å². The van der Waals surface area contributed by atoms with Crippen LogP contribution >= 0.6 is 0 Å². The zero-order valence-corrected chi connectivity index (χ0v) is 21.2. The molecule has 0 radical (unpaired) electrons. The van der Waals surface area contributed by atoms with E-state index in [0.717, 1.165) is 25.9 Å². The summed E-state index contributed by atoms with van der Waals surface area (Å²) in [5.41, 5.74) is -0.678. The number of ether oxygens (including phenoxy) is 2. The molecule has 0 bridgehead atoms. The van der Waals surface area contributed by atoms with Crippen molar-refractivity contribution in [3.05, 3.63) is 23.8 Å². The molecule has 2 aliphatic rings. The van der Waals surface area contributed by atoms with Crippen LogP contribution in [-0.2, 0) is 14.3 Å². The van der Waals surface area contributed by atoms with Gasteiger partial charge in [0.25, 0.3) is 23.3 Å². The molecule has 2 aliphatic heterocycles. The Morgan fingerprint density at radius 2 is 2.06 bits per heavy atom. The van der Waals surface area contributed by atoms with Crippen molar-refractivity contribution < 1.29 is 23.9 Å². The van der Waals surface area contributed by atoms with E-state index in [2.05, 4.69) is 5.32 Å². The second kappa shape index (κ2) is 10.7. The van der Waals surface area contributed by atoms with Crippen molar-refractivity contribution in [2.75, 3.05) is 52.3 Å². The summed E-state index contributed by atoms with van der Waals surface area (Å²) in [5.74, 6) is -0.553. The highest BCUT2D eigenvalue weighted by atomic mass is 16.5. The highest BCUT2D eigenvalue weighted by Crippen LogP contribution is 2.39. The Kier molecular flexibility index (Phi) is 8.20. The van der Waals surface area contributed by atoms with Crippen molar-refractivity contribution >= 4 is 23.4 Å². The van der Waals surface area contributed by atoms with E-state index in [1.54, 1.807) is 44.3 Å². The van der Waals surface area contributed by atoms with Crippen molar-refractivity contribution in [1.29, 1.82) is 0 Å². The summed E-state index contributed by atoms with van der Waals surface area (Å²) in [4.78, 5) is 44.9. The number of hydrogen-bond acceptors (Lipinski definition) is 6. The van der Waals surface area contributed by atoms with Crippen LogP contribution in [0.1, 0.15) is 50.4 Å². The lowest BCUT2D eigenvalue weighted by atomic mass is 9.97. The maximum Gasteiger partial charge on any atom is 0.280 e. The Morgan fingerprint density at radius 1 is 1.32 bits per heavy atom. The molecule has 0 aliphatic carbocycles. The van der Waals surface area contributed by atoms with Gasteiger partial charge in [0.2, 0.25) is 0 Å². The number of anilines is 1. The van der Waals surface area contributed by atoms with E-state index in [4.69, 9.17) is 9.47 Å². The van der Waals surface area contributed by atoms with Crippen LogP contribution in [0.3, 0.4) is 0 Å². The first kappa shape index (κ1) is 26.0. The van der Waals surface area contributed by atoms with Crippen LogP contribution in [0.25, 0.3) is 0 Å². The van der Waals surface area contributed by atoms with Crippen molar-refractivity contribution in [2.24, 2.45) is 0 Å². The number of benzene rings is 1. The molecule has 1 fully saturated rings. The summed E-state index contributed by atoms with van der Waals surface area (Å²) in [5, 5.41) is 3.38. The average Bonchev–Trinajstić information content (AvgIpc) is 2.81. The number of nitrogens with one attached hydrogen (secondary N) is 1. The van der Waals surface area contributed by atoms with E-state index >= 15 is 0 Å². The monoisotopic (exact) mass is 474 g/mol. The molecule has 0 aromatic heterocycles. The summed E-state index contributed by atoms with van der Waals surface area (Å²) in [7, 11) is 4.79. The predicted molar refractivity (Wildman–Crippen MR) is 130 cm³/mol. The lowest BCUT2D eigenvalue weighted by Crippen LogP contribution is -2.62. The first-order valence-electron chi connectivity index (χ1n) is 12.0. The molecule has 3 rings (SSSR count). The topological polar surface area (TPSA) is 91.4 Å². The molecule has 1 N–H and O–H groups in total. The normalized spacial score (nSPS) is 22.3. The molecule has 2 heterocycles. The van der Waals surface area contributed by atoms with Gasteiger partial charge in [0.05, 0.1) is 5.69 Å². The minimum Gasteiger partial charge on any atom is -0.465 e. The van der Waals surface area contributed by atoms with Gasteiger partial charge in [-0.05, 0) is 64.8 Å². The summed E-state index contributed by atoms with van der Waals surface area (Å²) in [6, 6.07) is 5.28. The second-order valence-corrected chi connectivity index (χ2v) is 9.63. The highest BCUT2D eigenvalue weighted by molar-refractivity contribution is 6.16. The Bertz CT molecular complexity index is 913. The maximum atomic E-state index is 13.6. The Labute approximate surface area is 202 Å². The number of amides is 3. The highest BCUT2D eigenvalue weighted by Gasteiger charge is 2.51. The van der Waals surface area contributed by atoms with Gasteiger partial charge in [-0.1, -0.05) is 0 Å². The lowest BCUT2D eigenvalue weighted by molar-refractivity contribution is -0.154. The third-order valence-corrected chi connectivity index (χ3v) is 6.46. The third kappa shape index (κ3) is 5.05. The minimum atomic E-state index is -1.67. The minimum absolute atomic E-state index is 0.0325. The number of fused-ring (bicyclic) bond motifs is 1. The van der Waals surface area contributed by atoms with Crippen molar-refractivity contribution in [1.82, 2.24) is 15.1 Å². The van der Waals surface area contributed by atoms with Gasteiger partial charge in [-0.25, -0.2) is 0 Å². The number of nitrogens with zero attached hydrogens (tertiary/aromatic N) is 3. The van der Waals surface area contributed by atoms with Gasteiger partial charge < -0.3 is 29.5 Å². The largest absolute Gasteiger partial charge is 0.465 e. The molecule has 0 spiro atoms. The predicted octanol–water partition coefficient (Wildman–Crippen LogP) is 1.90. The van der Waals surface area contributed by atoms with E-state index in [-0.39, 0.29) is 18.0 Å². The SMILES string of the molecule is COCCCN1C(=O)C(C)(C(=O)N(C)C)Oc2ccc(C(=O)N(C(C)C)[C@@H]3CCCNC3)cc21. The maximum absolute atomic E-state index is 13.6. The fourth-order valence-corrected chi connectivity index (χ4v) is 4.77.